The Bertz CT molecular complexity index is 654. The van der Waals surface area contributed by atoms with Crippen molar-refractivity contribution in [2.45, 2.75) is 16.0 Å². The number of nitrogens with zero attached hydrogens (tertiary/aromatic N) is 1. The maximum atomic E-state index is 11.3. The zero-order valence-electron chi connectivity index (χ0n) is 9.75. The molecule has 98 valence electrons. The van der Waals surface area contributed by atoms with E-state index in [0.29, 0.717) is 9.09 Å². The smallest absolute Gasteiger partial charge is 0.294 e. The van der Waals surface area contributed by atoms with Crippen LogP contribution >= 0.6 is 39.0 Å². The van der Waals surface area contributed by atoms with Crippen LogP contribution in [0, 0.1) is 10.1 Å². The summed E-state index contributed by atoms with van der Waals surface area (Å²) >= 11 is 5.83. The number of rotatable bonds is 4. The Balaban J connectivity index is 2.42. The van der Waals surface area contributed by atoms with E-state index < -0.39 is 4.92 Å². The molecule has 4 nitrogen and oxygen atoms in total. The van der Waals surface area contributed by atoms with Gasteiger partial charge in [0.05, 0.1) is 9.80 Å². The van der Waals surface area contributed by atoms with Gasteiger partial charge in [0.1, 0.15) is 4.21 Å². The Kier molecular flexibility index (Phi) is 4.38. The van der Waals surface area contributed by atoms with E-state index in [1.165, 1.54) is 24.8 Å². The highest BCUT2D eigenvalue weighted by Crippen LogP contribution is 2.43. The number of thiophene rings is 1. The first-order chi connectivity index (χ1) is 8.99. The summed E-state index contributed by atoms with van der Waals surface area (Å²) in [5.41, 5.74) is -0.0176. The maximum Gasteiger partial charge on any atom is 0.294 e. The third-order valence-corrected chi connectivity index (χ3v) is 5.71. The molecule has 0 bridgehead atoms. The standard InChI is InChI=1S/C12H8BrNO3S2/c1-7(15)11-6-9(14(16)17)12(19-11)18-10-5-3-2-4-8(10)13/h2-6H,1H3. The Hall–Kier alpha value is -1.18. The summed E-state index contributed by atoms with van der Waals surface area (Å²) in [5.74, 6) is -0.160. The number of nitro groups is 1. The zero-order valence-corrected chi connectivity index (χ0v) is 13.0. The number of benzene rings is 1. The van der Waals surface area contributed by atoms with Crippen LogP contribution in [-0.4, -0.2) is 10.7 Å². The summed E-state index contributed by atoms with van der Waals surface area (Å²) in [5, 5.41) is 11.0. The van der Waals surface area contributed by atoms with Crippen LogP contribution in [0.25, 0.3) is 0 Å². The molecule has 0 radical (unpaired) electrons. The van der Waals surface area contributed by atoms with Gasteiger partial charge in [-0.15, -0.1) is 11.3 Å². The van der Waals surface area contributed by atoms with Crippen molar-refractivity contribution in [3.8, 4) is 0 Å². The highest BCUT2D eigenvalue weighted by molar-refractivity contribution is 9.10. The minimum Gasteiger partial charge on any atom is -0.294 e. The van der Waals surface area contributed by atoms with E-state index in [-0.39, 0.29) is 11.5 Å². The molecule has 0 aliphatic heterocycles. The number of ketones is 1. The molecule has 0 saturated heterocycles. The highest BCUT2D eigenvalue weighted by atomic mass is 79.9. The lowest BCUT2D eigenvalue weighted by Gasteiger charge is -2.01. The van der Waals surface area contributed by atoms with Crippen molar-refractivity contribution in [2.24, 2.45) is 0 Å². The molecule has 1 heterocycles. The van der Waals surface area contributed by atoms with Gasteiger partial charge >= 0.3 is 0 Å². The van der Waals surface area contributed by atoms with Crippen molar-refractivity contribution in [2.75, 3.05) is 0 Å². The van der Waals surface area contributed by atoms with Gasteiger partial charge in [0.15, 0.2) is 5.78 Å². The third kappa shape index (κ3) is 3.23. The molecule has 0 aliphatic rings. The molecular formula is C12H8BrNO3S2. The van der Waals surface area contributed by atoms with Gasteiger partial charge < -0.3 is 0 Å². The second-order valence-corrected chi connectivity index (χ2v) is 6.85. The fraction of sp³-hybridized carbons (Fsp3) is 0.0833. The van der Waals surface area contributed by atoms with Crippen molar-refractivity contribution >= 4 is 50.5 Å². The molecule has 0 amide bonds. The van der Waals surface area contributed by atoms with Crippen LogP contribution in [-0.2, 0) is 0 Å². The monoisotopic (exact) mass is 357 g/mol. The molecular weight excluding hydrogens is 350 g/mol. The average Bonchev–Trinajstić information content (AvgIpc) is 2.76. The molecule has 1 aromatic carbocycles. The number of hydrogen-bond donors (Lipinski definition) is 0. The van der Waals surface area contributed by atoms with Crippen LogP contribution in [0.1, 0.15) is 16.6 Å². The lowest BCUT2D eigenvalue weighted by atomic mass is 10.3. The van der Waals surface area contributed by atoms with Gasteiger partial charge in [0.2, 0.25) is 0 Å². The molecule has 7 heteroatoms. The van der Waals surface area contributed by atoms with Crippen LogP contribution in [0.4, 0.5) is 5.69 Å². The molecule has 1 aromatic heterocycles. The van der Waals surface area contributed by atoms with E-state index >= 15 is 0 Å². The molecule has 0 atom stereocenters. The van der Waals surface area contributed by atoms with Gasteiger partial charge in [-0.3, -0.25) is 14.9 Å². The van der Waals surface area contributed by atoms with Crippen molar-refractivity contribution < 1.29 is 9.72 Å². The van der Waals surface area contributed by atoms with Gasteiger partial charge in [-0.2, -0.15) is 0 Å². The fourth-order valence-electron chi connectivity index (χ4n) is 1.37. The summed E-state index contributed by atoms with van der Waals surface area (Å²) in [4.78, 5) is 23.2. The first-order valence-electron chi connectivity index (χ1n) is 5.20. The number of halogens is 1. The Morgan fingerprint density at radius 1 is 1.42 bits per heavy atom. The predicted molar refractivity (Wildman–Crippen MR) is 79.2 cm³/mol. The average molecular weight is 358 g/mol. The van der Waals surface area contributed by atoms with Gasteiger partial charge in [-0.25, -0.2) is 0 Å². The number of carbonyl (C=O) groups excluding carboxylic acids is 1. The molecule has 0 N–H and O–H groups in total. The minimum atomic E-state index is -0.456. The van der Waals surface area contributed by atoms with Crippen molar-refractivity contribution in [3.05, 3.63) is 49.8 Å². The molecule has 2 aromatic rings. The Morgan fingerprint density at radius 2 is 2.11 bits per heavy atom. The lowest BCUT2D eigenvalue weighted by Crippen LogP contribution is -1.87. The van der Waals surface area contributed by atoms with E-state index in [1.807, 2.05) is 24.3 Å². The summed E-state index contributed by atoms with van der Waals surface area (Å²) in [7, 11) is 0. The van der Waals surface area contributed by atoms with E-state index in [0.717, 1.165) is 20.7 Å². The van der Waals surface area contributed by atoms with Gasteiger partial charge in [-0.05, 0) is 35.0 Å². The molecule has 19 heavy (non-hydrogen) atoms. The number of Topliss-reactive ketones (excluding diaryl/α,β-unsaturated/α-hetero) is 1. The SMILES string of the molecule is CC(=O)c1cc([N+](=O)[O-])c(Sc2ccccc2Br)s1. The molecule has 0 spiro atoms. The summed E-state index contributed by atoms with van der Waals surface area (Å²) < 4.78 is 1.38. The van der Waals surface area contributed by atoms with Crippen LogP contribution in [0.15, 0.2) is 43.9 Å². The van der Waals surface area contributed by atoms with Crippen LogP contribution in [0.5, 0.6) is 0 Å². The predicted octanol–water partition coefficient (Wildman–Crippen LogP) is 4.77. The van der Waals surface area contributed by atoms with Crippen LogP contribution in [0.2, 0.25) is 0 Å². The van der Waals surface area contributed by atoms with Crippen molar-refractivity contribution in [1.29, 1.82) is 0 Å². The maximum absolute atomic E-state index is 11.3. The molecule has 0 saturated carbocycles. The quantitative estimate of drug-likeness (QED) is 0.449. The van der Waals surface area contributed by atoms with Gasteiger partial charge in [0, 0.05) is 15.4 Å². The molecule has 0 aliphatic carbocycles. The second kappa shape index (κ2) is 5.85. The van der Waals surface area contributed by atoms with Gasteiger partial charge in [0.25, 0.3) is 5.69 Å². The molecule has 2 rings (SSSR count). The second-order valence-electron chi connectivity index (χ2n) is 3.63. The minimum absolute atomic E-state index is 0.0176. The van der Waals surface area contributed by atoms with E-state index in [1.54, 1.807) is 0 Å². The molecule has 0 unspecified atom stereocenters. The third-order valence-electron chi connectivity index (χ3n) is 2.26. The van der Waals surface area contributed by atoms with Gasteiger partial charge in [-0.1, -0.05) is 23.9 Å². The normalized spacial score (nSPS) is 10.4. The topological polar surface area (TPSA) is 60.2 Å². The zero-order chi connectivity index (χ0) is 14.0. The number of carbonyl (C=O) groups is 1. The number of hydrogen-bond acceptors (Lipinski definition) is 5. The first-order valence-corrected chi connectivity index (χ1v) is 7.63. The molecule has 0 fully saturated rings. The Labute approximate surface area is 126 Å². The fourth-order valence-corrected chi connectivity index (χ4v) is 4.10. The van der Waals surface area contributed by atoms with E-state index in [4.69, 9.17) is 0 Å². The van der Waals surface area contributed by atoms with E-state index in [9.17, 15) is 14.9 Å². The van der Waals surface area contributed by atoms with E-state index in [2.05, 4.69) is 15.9 Å². The first kappa shape index (κ1) is 14.2. The largest absolute Gasteiger partial charge is 0.294 e. The van der Waals surface area contributed by atoms with Crippen molar-refractivity contribution in [3.63, 3.8) is 0 Å². The summed E-state index contributed by atoms with van der Waals surface area (Å²) in [6.45, 7) is 1.41. The summed E-state index contributed by atoms with van der Waals surface area (Å²) in [6.07, 6.45) is 0. The van der Waals surface area contributed by atoms with Crippen LogP contribution in [0.3, 0.4) is 0 Å². The highest BCUT2D eigenvalue weighted by Gasteiger charge is 2.22. The summed E-state index contributed by atoms with van der Waals surface area (Å²) in [6, 6.07) is 8.81. The Morgan fingerprint density at radius 3 is 2.68 bits per heavy atom. The lowest BCUT2D eigenvalue weighted by molar-refractivity contribution is -0.387. The van der Waals surface area contributed by atoms with Crippen LogP contribution < -0.4 is 0 Å². The van der Waals surface area contributed by atoms with Crippen molar-refractivity contribution in [1.82, 2.24) is 0 Å².